The van der Waals surface area contributed by atoms with Crippen LogP contribution in [0.25, 0.3) is 0 Å². The molecular formula is C66H102O33. The lowest BCUT2D eigenvalue weighted by atomic mass is 9.72. The highest BCUT2D eigenvalue weighted by molar-refractivity contribution is 5.82. The number of aliphatic hydroxyl groups is 18. The van der Waals surface area contributed by atoms with Gasteiger partial charge in [-0.15, -0.1) is 0 Å². The molecule has 10 fully saturated rings. The van der Waals surface area contributed by atoms with Crippen molar-refractivity contribution >= 4 is 17.9 Å². The van der Waals surface area contributed by atoms with Crippen LogP contribution in [0.15, 0.2) is 36.5 Å². The average Bonchev–Trinajstić information content (AvgIpc) is 0.768. The van der Waals surface area contributed by atoms with E-state index in [1.54, 1.807) is 12.2 Å². The first-order valence-corrected chi connectivity index (χ1v) is 34.9. The quantitative estimate of drug-likeness (QED) is 0.0273. The molecule has 12 unspecified atom stereocenters. The van der Waals surface area contributed by atoms with Crippen molar-refractivity contribution in [3.05, 3.63) is 36.5 Å². The van der Waals surface area contributed by atoms with E-state index in [4.69, 9.17) is 56.8 Å². The van der Waals surface area contributed by atoms with Crippen LogP contribution in [0, 0.1) is 29.6 Å². The molecule has 10 rings (SSSR count). The predicted molar refractivity (Wildman–Crippen MR) is 328 cm³/mol. The van der Waals surface area contributed by atoms with Gasteiger partial charge in [-0.25, -0.2) is 14.4 Å². The van der Waals surface area contributed by atoms with Gasteiger partial charge >= 0.3 is 17.9 Å². The highest BCUT2D eigenvalue weighted by atomic mass is 16.8. The van der Waals surface area contributed by atoms with Crippen molar-refractivity contribution in [2.75, 3.05) is 26.4 Å². The molecule has 33 heteroatoms. The van der Waals surface area contributed by atoms with Crippen LogP contribution in [0.5, 0.6) is 0 Å². The molecule has 18 N–H and O–H groups in total. The van der Waals surface area contributed by atoms with Gasteiger partial charge in [-0.1, -0.05) is 18.2 Å². The number of esters is 3. The number of allylic oxidation sites excluding steroid dienone is 3. The molecule has 99 heavy (non-hydrogen) atoms. The maximum Gasteiger partial charge on any atom is 0.330 e. The van der Waals surface area contributed by atoms with Crippen LogP contribution >= 0.6 is 0 Å². The fraction of sp³-hybridized carbons (Fsp3) is 0.864. The van der Waals surface area contributed by atoms with Crippen LogP contribution in [-0.2, 0) is 71.2 Å². The second kappa shape index (κ2) is 35.6. The fourth-order valence-electron chi connectivity index (χ4n) is 15.4. The molecule has 0 amide bonds. The Morgan fingerprint density at radius 1 is 0.343 bits per heavy atom. The number of aliphatic hydroxyl groups excluding tert-OH is 18. The molecule has 10 aliphatic rings. The maximum absolute atomic E-state index is 13.6. The first kappa shape index (κ1) is 78.1. The number of carbonyl (C=O) groups excluding carboxylic acids is 3. The number of ether oxygens (including phenoxy) is 12. The molecule has 33 nitrogen and oxygen atoms in total. The monoisotopic (exact) mass is 1420 g/mol. The van der Waals surface area contributed by atoms with Crippen LogP contribution < -0.4 is 0 Å². The number of rotatable bonds is 22. The molecule has 32 atom stereocenters. The van der Waals surface area contributed by atoms with Gasteiger partial charge in [0.05, 0.1) is 73.8 Å². The van der Waals surface area contributed by atoms with Crippen molar-refractivity contribution in [2.45, 2.75) is 299 Å². The number of hydrogen-bond acceptors (Lipinski definition) is 33. The molecule has 564 valence electrons. The van der Waals surface area contributed by atoms with Gasteiger partial charge in [0, 0.05) is 30.6 Å². The van der Waals surface area contributed by atoms with E-state index < -0.39 is 246 Å². The SMILES string of the molecule is O=C(C=CC1CCC(O)CC1)OC[C@@H]1O[C@H](O[C@H]2[C@H](OC3CC4C(CC(O)CC4O[C@@H]4O[C@H](CO)[C@H](O)[C@@H](O)[C@@H]4O)OC3C3CCC(O)C(O)C3)O[C@H](COC(=O)C=CC3CCC(O[C@@H]4O[C@@H](COC(=O)C=CC5CCC(O)CC5)[C@H](O)[C@@H](O)[C@@H]4O)C(O)C3)[C@H](O)[C@H]2O)[C@@H](O)[C@@H](O)[C@H]1O. The van der Waals surface area contributed by atoms with E-state index in [1.807, 2.05) is 0 Å². The number of fused-ring (bicyclic) bond motifs is 1. The zero-order chi connectivity index (χ0) is 71.1. The largest absolute Gasteiger partial charge is 0.460 e. The van der Waals surface area contributed by atoms with E-state index in [2.05, 4.69) is 0 Å². The third-order valence-electron chi connectivity index (χ3n) is 21.5. The molecule has 0 bridgehead atoms. The Bertz CT molecular complexity index is 2640. The summed E-state index contributed by atoms with van der Waals surface area (Å²) in [6.45, 7) is -2.75. The minimum absolute atomic E-state index is 0.00789. The molecule has 5 saturated heterocycles. The molecule has 0 aromatic carbocycles. The van der Waals surface area contributed by atoms with Crippen LogP contribution in [0.1, 0.15) is 109 Å². The minimum atomic E-state index is -2.11. The van der Waals surface area contributed by atoms with Gasteiger partial charge in [0.1, 0.15) is 117 Å². The molecule has 0 aromatic heterocycles. The predicted octanol–water partition coefficient (Wildman–Crippen LogP) is -5.60. The molecule has 0 aromatic rings. The summed E-state index contributed by atoms with van der Waals surface area (Å²) < 4.78 is 72.0. The van der Waals surface area contributed by atoms with E-state index in [1.165, 1.54) is 18.2 Å². The first-order valence-electron chi connectivity index (χ1n) is 34.9. The van der Waals surface area contributed by atoms with Crippen LogP contribution in [0.2, 0.25) is 0 Å². The zero-order valence-corrected chi connectivity index (χ0v) is 54.8. The van der Waals surface area contributed by atoms with Gasteiger partial charge in [0.25, 0.3) is 0 Å². The third kappa shape index (κ3) is 19.7. The first-order chi connectivity index (χ1) is 47.2. The Morgan fingerprint density at radius 2 is 0.778 bits per heavy atom. The summed E-state index contributed by atoms with van der Waals surface area (Å²) in [6.07, 6.45) is -32.4. The van der Waals surface area contributed by atoms with Crippen molar-refractivity contribution in [1.82, 2.24) is 0 Å². The van der Waals surface area contributed by atoms with Crippen molar-refractivity contribution in [3.8, 4) is 0 Å². The van der Waals surface area contributed by atoms with Crippen molar-refractivity contribution in [2.24, 2.45) is 29.6 Å². The standard InChI is InChI=1S/C66H102O33/c67-24-43-50(77)54(81)58(85)64(95-43)93-41-22-34(70)21-40-35(41)23-42(61(91-40)31-9-14-36(71)37(72)20-31)94-66-62(99-65-60(87)56(83)52(79)45(97-65)26-89-48(75)17-7-29-3-12-33(69)13-4-29)57(84)53(80)46(98-66)27-90-49(76)18-8-30-5-15-39(38(73)19-30)92-63-59(86)55(82)51(78)44(96-63)25-88-47(74)16-6-28-1-10-32(68)11-2-28/h6-8,16-18,28-46,50-73,77-87H,1-5,9-15,19-27H2/t28?,29?,30?,31?,32?,33?,34?,35?,36?,37?,38?,39?,40?,41?,42?,43-,44+,45+,46-,50+,51+,52+,53+,54-,55-,56+,57-,58+,59+,60+,61?,62-,63-,64-,65-,66-/m1/s1. The maximum atomic E-state index is 13.6. The molecule has 5 aliphatic carbocycles. The summed E-state index contributed by atoms with van der Waals surface area (Å²) >= 11 is 0. The van der Waals surface area contributed by atoms with E-state index >= 15 is 0 Å². The van der Waals surface area contributed by atoms with E-state index in [-0.39, 0.29) is 69.3 Å². The Morgan fingerprint density at radius 3 is 1.27 bits per heavy atom. The highest BCUT2D eigenvalue weighted by Crippen LogP contribution is 2.46. The Balaban J connectivity index is 0.818. The van der Waals surface area contributed by atoms with Crippen LogP contribution in [0.3, 0.4) is 0 Å². The molecule has 5 aliphatic heterocycles. The molecule has 0 spiro atoms. The Hall–Kier alpha value is -3.45. The lowest BCUT2D eigenvalue weighted by Crippen LogP contribution is -2.66. The van der Waals surface area contributed by atoms with Gasteiger partial charge in [-0.3, -0.25) is 0 Å². The zero-order valence-electron chi connectivity index (χ0n) is 54.8. The Kier molecular flexibility index (Phi) is 28.1. The second-order valence-corrected chi connectivity index (χ2v) is 28.5. The van der Waals surface area contributed by atoms with Crippen molar-refractivity contribution in [3.63, 3.8) is 0 Å². The van der Waals surface area contributed by atoms with Crippen LogP contribution in [-0.4, -0.2) is 326 Å². The highest BCUT2D eigenvalue weighted by Gasteiger charge is 2.57. The van der Waals surface area contributed by atoms with Gasteiger partial charge in [-0.2, -0.15) is 0 Å². The average molecular weight is 1420 g/mol. The lowest BCUT2D eigenvalue weighted by molar-refractivity contribution is -0.380. The summed E-state index contributed by atoms with van der Waals surface area (Å²) in [4.78, 5) is 39.0. The van der Waals surface area contributed by atoms with E-state index in [0.29, 0.717) is 57.8 Å². The summed E-state index contributed by atoms with van der Waals surface area (Å²) in [5, 5.41) is 196. The second-order valence-electron chi connectivity index (χ2n) is 28.5. The van der Waals surface area contributed by atoms with Crippen molar-refractivity contribution in [1.29, 1.82) is 0 Å². The smallest absolute Gasteiger partial charge is 0.330 e. The minimum Gasteiger partial charge on any atom is -0.460 e. The van der Waals surface area contributed by atoms with Crippen molar-refractivity contribution < 1.29 is 163 Å². The van der Waals surface area contributed by atoms with Gasteiger partial charge in [-0.05, 0) is 126 Å². The third-order valence-corrected chi connectivity index (χ3v) is 21.5. The molecule has 5 saturated carbocycles. The fourth-order valence-corrected chi connectivity index (χ4v) is 15.4. The van der Waals surface area contributed by atoms with E-state index in [0.717, 1.165) is 6.08 Å². The number of carbonyl (C=O) groups is 3. The summed E-state index contributed by atoms with van der Waals surface area (Å²) in [5.74, 6) is -4.33. The normalized spacial score (nSPS) is 47.9. The molecule has 0 radical (unpaired) electrons. The summed E-state index contributed by atoms with van der Waals surface area (Å²) in [6, 6.07) is 0. The summed E-state index contributed by atoms with van der Waals surface area (Å²) in [5.41, 5.74) is 0. The van der Waals surface area contributed by atoms with Gasteiger partial charge < -0.3 is 149 Å². The topological polar surface area (TPSA) is 526 Å². The van der Waals surface area contributed by atoms with Gasteiger partial charge in [0.2, 0.25) is 0 Å². The lowest BCUT2D eigenvalue weighted by Gasteiger charge is -2.53. The van der Waals surface area contributed by atoms with E-state index in [9.17, 15) is 106 Å². The molecule has 5 heterocycles. The van der Waals surface area contributed by atoms with Gasteiger partial charge in [0.15, 0.2) is 25.2 Å². The molecular weight excluding hydrogens is 1320 g/mol. The number of hydrogen-bond donors (Lipinski definition) is 18. The van der Waals surface area contributed by atoms with Crippen LogP contribution in [0.4, 0.5) is 0 Å². The Labute approximate surface area is 570 Å². The summed E-state index contributed by atoms with van der Waals surface area (Å²) in [7, 11) is 0.